The Morgan fingerprint density at radius 2 is 1.90 bits per heavy atom. The number of amides is 1. The van der Waals surface area contributed by atoms with Crippen LogP contribution < -0.4 is 0 Å². The van der Waals surface area contributed by atoms with Gasteiger partial charge in [-0.15, -0.1) is 0 Å². The first-order chi connectivity index (χ1) is 9.58. The molecule has 1 atom stereocenters. The monoisotopic (exact) mass is 275 g/mol. The van der Waals surface area contributed by atoms with E-state index >= 15 is 0 Å². The molecule has 0 spiro atoms. The number of piperidine rings is 1. The molecule has 1 saturated heterocycles. The van der Waals surface area contributed by atoms with Gasteiger partial charge in [-0.3, -0.25) is 4.79 Å². The molecule has 1 fully saturated rings. The summed E-state index contributed by atoms with van der Waals surface area (Å²) in [7, 11) is 0. The minimum absolute atomic E-state index is 0.162. The molecule has 1 aliphatic rings. The maximum absolute atomic E-state index is 12.1. The van der Waals surface area contributed by atoms with Crippen LogP contribution in [-0.2, 0) is 9.59 Å². The fourth-order valence-electron chi connectivity index (χ4n) is 2.30. The molecule has 1 amide bonds. The highest BCUT2D eigenvalue weighted by Crippen LogP contribution is 2.18. The van der Waals surface area contributed by atoms with Crippen LogP contribution in [0.15, 0.2) is 30.3 Å². The van der Waals surface area contributed by atoms with Crippen molar-refractivity contribution in [3.63, 3.8) is 0 Å². The summed E-state index contributed by atoms with van der Waals surface area (Å²) in [6, 6.07) is 5.71. The topological polar surface area (TPSA) is 77.8 Å². The van der Waals surface area contributed by atoms with Crippen LogP contribution >= 0.6 is 0 Å². The molecule has 20 heavy (non-hydrogen) atoms. The largest absolute Gasteiger partial charge is 0.508 e. The van der Waals surface area contributed by atoms with E-state index in [0.29, 0.717) is 13.0 Å². The van der Waals surface area contributed by atoms with Gasteiger partial charge in [0.1, 0.15) is 11.8 Å². The van der Waals surface area contributed by atoms with Gasteiger partial charge in [0.2, 0.25) is 5.91 Å². The minimum atomic E-state index is -0.948. The molecule has 5 nitrogen and oxygen atoms in total. The average molecular weight is 275 g/mol. The van der Waals surface area contributed by atoms with E-state index in [1.807, 2.05) is 0 Å². The van der Waals surface area contributed by atoms with Crippen LogP contribution in [0.4, 0.5) is 0 Å². The smallest absolute Gasteiger partial charge is 0.326 e. The summed E-state index contributed by atoms with van der Waals surface area (Å²) in [6.45, 7) is 0.482. The molecule has 1 aliphatic heterocycles. The molecule has 0 radical (unpaired) electrons. The standard InChI is InChI=1S/C15H17NO4/c17-12-7-4-11(5-8-12)6-9-14(18)16-10-2-1-3-13(16)15(19)20/h4-9,13,17H,1-3,10H2,(H,19,20)/t13-/m1/s1. The number of aromatic hydroxyl groups is 1. The summed E-state index contributed by atoms with van der Waals surface area (Å²) in [5.41, 5.74) is 0.778. The zero-order valence-electron chi connectivity index (χ0n) is 11.0. The van der Waals surface area contributed by atoms with Crippen LogP contribution in [0.5, 0.6) is 5.75 Å². The average Bonchev–Trinajstić information content (AvgIpc) is 2.46. The van der Waals surface area contributed by atoms with Crippen LogP contribution in [-0.4, -0.2) is 39.6 Å². The summed E-state index contributed by atoms with van der Waals surface area (Å²) < 4.78 is 0. The zero-order valence-corrected chi connectivity index (χ0v) is 11.0. The Morgan fingerprint density at radius 3 is 2.55 bits per heavy atom. The number of carbonyl (C=O) groups excluding carboxylic acids is 1. The van der Waals surface area contributed by atoms with Gasteiger partial charge in [0.25, 0.3) is 0 Å². The first kappa shape index (κ1) is 14.1. The quantitative estimate of drug-likeness (QED) is 0.825. The number of hydrogen-bond acceptors (Lipinski definition) is 3. The number of hydrogen-bond donors (Lipinski definition) is 2. The normalized spacial score (nSPS) is 19.2. The van der Waals surface area contributed by atoms with Crippen LogP contribution in [0.3, 0.4) is 0 Å². The van der Waals surface area contributed by atoms with Gasteiger partial charge >= 0.3 is 5.97 Å². The third-order valence-corrected chi connectivity index (χ3v) is 3.38. The highest BCUT2D eigenvalue weighted by molar-refractivity contribution is 5.94. The number of carboxylic acids is 1. The molecule has 1 aromatic rings. The molecule has 0 aromatic heterocycles. The number of carboxylic acid groups (broad SMARTS) is 1. The predicted octanol–water partition coefficient (Wildman–Crippen LogP) is 1.87. The van der Waals surface area contributed by atoms with E-state index < -0.39 is 12.0 Å². The lowest BCUT2D eigenvalue weighted by atomic mass is 10.0. The van der Waals surface area contributed by atoms with E-state index in [0.717, 1.165) is 18.4 Å². The van der Waals surface area contributed by atoms with Crippen molar-refractivity contribution in [1.82, 2.24) is 4.90 Å². The van der Waals surface area contributed by atoms with Gasteiger partial charge in [-0.05, 0) is 43.0 Å². The maximum atomic E-state index is 12.1. The SMILES string of the molecule is O=C(O)[C@H]1CCCCN1C(=O)C=Cc1ccc(O)cc1. The van der Waals surface area contributed by atoms with Crippen LogP contribution in [0.1, 0.15) is 24.8 Å². The highest BCUT2D eigenvalue weighted by Gasteiger charge is 2.30. The number of rotatable bonds is 3. The van der Waals surface area contributed by atoms with Gasteiger partial charge in [-0.1, -0.05) is 12.1 Å². The van der Waals surface area contributed by atoms with E-state index in [2.05, 4.69) is 0 Å². The van der Waals surface area contributed by atoms with Crippen molar-refractivity contribution in [2.24, 2.45) is 0 Å². The Hall–Kier alpha value is -2.30. The van der Waals surface area contributed by atoms with Crippen LogP contribution in [0, 0.1) is 0 Å². The number of carbonyl (C=O) groups is 2. The Kier molecular flexibility index (Phi) is 4.40. The Bertz CT molecular complexity index is 521. The molecular formula is C15H17NO4. The van der Waals surface area contributed by atoms with Gasteiger partial charge in [-0.2, -0.15) is 0 Å². The van der Waals surface area contributed by atoms with Crippen molar-refractivity contribution in [1.29, 1.82) is 0 Å². The van der Waals surface area contributed by atoms with Crippen molar-refractivity contribution >= 4 is 18.0 Å². The molecule has 2 N–H and O–H groups in total. The molecule has 0 unspecified atom stereocenters. The summed E-state index contributed by atoms with van der Waals surface area (Å²) in [4.78, 5) is 24.6. The van der Waals surface area contributed by atoms with E-state index in [1.54, 1.807) is 18.2 Å². The fourth-order valence-corrected chi connectivity index (χ4v) is 2.30. The molecule has 106 valence electrons. The van der Waals surface area contributed by atoms with Crippen LogP contribution in [0.25, 0.3) is 6.08 Å². The number of likely N-dealkylation sites (tertiary alicyclic amines) is 1. The number of nitrogens with zero attached hydrogens (tertiary/aromatic N) is 1. The highest BCUT2D eigenvalue weighted by atomic mass is 16.4. The molecule has 5 heteroatoms. The number of aliphatic carboxylic acids is 1. The second-order valence-electron chi connectivity index (χ2n) is 4.81. The zero-order chi connectivity index (χ0) is 14.5. The molecule has 1 heterocycles. The van der Waals surface area contributed by atoms with E-state index in [-0.39, 0.29) is 11.7 Å². The second kappa shape index (κ2) is 6.23. The van der Waals surface area contributed by atoms with Crippen molar-refractivity contribution in [3.8, 4) is 5.75 Å². The molecule has 0 saturated carbocycles. The van der Waals surface area contributed by atoms with Crippen molar-refractivity contribution in [3.05, 3.63) is 35.9 Å². The molecule has 2 rings (SSSR count). The molecule has 0 aliphatic carbocycles. The summed E-state index contributed by atoms with van der Waals surface area (Å²) >= 11 is 0. The first-order valence-corrected chi connectivity index (χ1v) is 6.58. The minimum Gasteiger partial charge on any atom is -0.508 e. The van der Waals surface area contributed by atoms with Gasteiger partial charge < -0.3 is 15.1 Å². The van der Waals surface area contributed by atoms with Gasteiger partial charge in [0.15, 0.2) is 0 Å². The predicted molar refractivity (Wildman–Crippen MR) is 74.1 cm³/mol. The molecular weight excluding hydrogens is 258 g/mol. The lowest BCUT2D eigenvalue weighted by molar-refractivity contribution is -0.150. The lowest BCUT2D eigenvalue weighted by Crippen LogP contribution is -2.47. The summed E-state index contributed by atoms with van der Waals surface area (Å²) in [6.07, 6.45) is 5.18. The third-order valence-electron chi connectivity index (χ3n) is 3.38. The maximum Gasteiger partial charge on any atom is 0.326 e. The Balaban J connectivity index is 2.06. The summed E-state index contributed by atoms with van der Waals surface area (Å²) in [5.74, 6) is -1.07. The second-order valence-corrected chi connectivity index (χ2v) is 4.81. The number of phenolic OH excluding ortho intramolecular Hbond substituents is 1. The third kappa shape index (κ3) is 3.38. The lowest BCUT2D eigenvalue weighted by Gasteiger charge is -2.32. The van der Waals surface area contributed by atoms with Crippen molar-refractivity contribution < 1.29 is 19.8 Å². The van der Waals surface area contributed by atoms with E-state index in [1.165, 1.54) is 23.1 Å². The Morgan fingerprint density at radius 1 is 1.20 bits per heavy atom. The van der Waals surface area contributed by atoms with E-state index in [9.17, 15) is 9.59 Å². The fraction of sp³-hybridized carbons (Fsp3) is 0.333. The van der Waals surface area contributed by atoms with Crippen LogP contribution in [0.2, 0.25) is 0 Å². The van der Waals surface area contributed by atoms with Crippen molar-refractivity contribution in [2.75, 3.05) is 6.54 Å². The Labute approximate surface area is 117 Å². The number of phenols is 1. The van der Waals surface area contributed by atoms with Crippen molar-refractivity contribution in [2.45, 2.75) is 25.3 Å². The summed E-state index contributed by atoms with van der Waals surface area (Å²) in [5, 5.41) is 18.3. The van der Waals surface area contributed by atoms with Gasteiger partial charge in [0, 0.05) is 12.6 Å². The van der Waals surface area contributed by atoms with E-state index in [4.69, 9.17) is 10.2 Å². The first-order valence-electron chi connectivity index (χ1n) is 6.58. The molecule has 1 aromatic carbocycles. The number of benzene rings is 1. The molecule has 0 bridgehead atoms. The van der Waals surface area contributed by atoms with Gasteiger partial charge in [-0.25, -0.2) is 4.79 Å². The van der Waals surface area contributed by atoms with Gasteiger partial charge in [0.05, 0.1) is 0 Å².